The van der Waals surface area contributed by atoms with Gasteiger partial charge in [-0.05, 0) is 37.6 Å². The summed E-state index contributed by atoms with van der Waals surface area (Å²) in [6.45, 7) is 4.07. The topological polar surface area (TPSA) is 64.0 Å². The van der Waals surface area contributed by atoms with Gasteiger partial charge >= 0.3 is 0 Å². The van der Waals surface area contributed by atoms with Gasteiger partial charge in [-0.25, -0.2) is 4.68 Å². The van der Waals surface area contributed by atoms with Crippen LogP contribution in [0.1, 0.15) is 32.7 Å². The van der Waals surface area contributed by atoms with Gasteiger partial charge in [-0.3, -0.25) is 9.00 Å². The van der Waals surface area contributed by atoms with Gasteiger partial charge in [0.2, 0.25) is 0 Å². The van der Waals surface area contributed by atoms with Crippen LogP contribution in [0.25, 0.3) is 5.69 Å². The fourth-order valence-corrected chi connectivity index (χ4v) is 4.51. The van der Waals surface area contributed by atoms with Gasteiger partial charge in [0.05, 0.1) is 22.9 Å². The summed E-state index contributed by atoms with van der Waals surface area (Å²) in [6, 6.07) is 15.2. The molecule has 1 atom stereocenters. The fraction of sp³-hybridized carbons (Fsp3) is 0.200. The number of benzene rings is 2. The van der Waals surface area contributed by atoms with Crippen molar-refractivity contribution in [2.24, 2.45) is 0 Å². The average molecular weight is 365 g/mol. The number of hydrogen-bond donors (Lipinski definition) is 1. The lowest BCUT2D eigenvalue weighted by Gasteiger charge is -2.13. The molecular weight excluding hydrogens is 346 g/mol. The number of anilines is 1. The normalized spacial score (nSPS) is 15.7. The van der Waals surface area contributed by atoms with Crippen molar-refractivity contribution in [1.29, 1.82) is 0 Å². The fourth-order valence-electron chi connectivity index (χ4n) is 3.24. The van der Waals surface area contributed by atoms with Crippen molar-refractivity contribution in [3.05, 3.63) is 76.5 Å². The molecule has 6 heteroatoms. The van der Waals surface area contributed by atoms with Crippen LogP contribution >= 0.6 is 0 Å². The van der Waals surface area contributed by atoms with Gasteiger partial charge in [-0.1, -0.05) is 35.9 Å². The summed E-state index contributed by atoms with van der Waals surface area (Å²) >= 11 is 0. The number of carbonyl (C=O) groups excluding carboxylic acids is 1. The van der Waals surface area contributed by atoms with E-state index in [0.717, 1.165) is 22.5 Å². The van der Waals surface area contributed by atoms with E-state index in [4.69, 9.17) is 0 Å². The van der Waals surface area contributed by atoms with Crippen molar-refractivity contribution >= 4 is 22.5 Å². The molecule has 1 amide bonds. The number of rotatable bonds is 3. The van der Waals surface area contributed by atoms with Crippen LogP contribution in [0.2, 0.25) is 0 Å². The zero-order valence-electron chi connectivity index (χ0n) is 14.7. The Kier molecular flexibility index (Phi) is 4.20. The molecule has 132 valence electrons. The molecule has 1 aromatic heterocycles. The van der Waals surface area contributed by atoms with Crippen molar-refractivity contribution in [3.63, 3.8) is 0 Å². The van der Waals surface area contributed by atoms with Gasteiger partial charge in [0.1, 0.15) is 5.82 Å². The van der Waals surface area contributed by atoms with E-state index in [1.807, 2.05) is 44.2 Å². The minimum absolute atomic E-state index is 0.197. The second-order valence-corrected chi connectivity index (χ2v) is 7.98. The molecular formula is C20H19N3O2S. The molecule has 0 bridgehead atoms. The third-order valence-electron chi connectivity index (χ3n) is 4.52. The van der Waals surface area contributed by atoms with Gasteiger partial charge in [-0.2, -0.15) is 5.10 Å². The lowest BCUT2D eigenvalue weighted by atomic mass is 10.1. The minimum atomic E-state index is -0.959. The lowest BCUT2D eigenvalue weighted by molar-refractivity contribution is 0.102. The van der Waals surface area contributed by atoms with E-state index in [2.05, 4.69) is 16.5 Å². The van der Waals surface area contributed by atoms with E-state index < -0.39 is 10.8 Å². The van der Waals surface area contributed by atoms with Gasteiger partial charge < -0.3 is 5.32 Å². The van der Waals surface area contributed by atoms with E-state index in [9.17, 15) is 9.00 Å². The largest absolute Gasteiger partial charge is 0.306 e. The Hall–Kier alpha value is -2.73. The first kappa shape index (κ1) is 16.7. The smallest absolute Gasteiger partial charge is 0.256 e. The molecule has 1 aliphatic heterocycles. The van der Waals surface area contributed by atoms with E-state index in [0.29, 0.717) is 22.9 Å². The first-order valence-corrected chi connectivity index (χ1v) is 9.91. The Balaban J connectivity index is 1.80. The number of amides is 1. The molecule has 0 spiro atoms. The highest BCUT2D eigenvalue weighted by Crippen LogP contribution is 2.32. The molecule has 0 fully saturated rings. The van der Waals surface area contributed by atoms with Crippen LogP contribution in [-0.4, -0.2) is 19.9 Å². The number of nitrogens with one attached hydrogen (secondary N) is 1. The number of nitrogens with zero attached hydrogens (tertiary/aromatic N) is 2. The second-order valence-electron chi connectivity index (χ2n) is 6.52. The molecule has 0 saturated carbocycles. The number of fused-ring (bicyclic) bond motifs is 1. The maximum absolute atomic E-state index is 12.7. The van der Waals surface area contributed by atoms with Gasteiger partial charge in [0.25, 0.3) is 5.91 Å². The molecule has 3 aromatic rings. The number of hydrogen-bond acceptors (Lipinski definition) is 3. The molecule has 1 unspecified atom stereocenters. The Labute approximate surface area is 154 Å². The third-order valence-corrected chi connectivity index (χ3v) is 5.72. The van der Waals surface area contributed by atoms with E-state index in [1.165, 1.54) is 5.56 Å². The van der Waals surface area contributed by atoms with E-state index >= 15 is 0 Å². The molecule has 5 nitrogen and oxygen atoms in total. The summed E-state index contributed by atoms with van der Waals surface area (Å²) in [4.78, 5) is 12.7. The van der Waals surface area contributed by atoms with Crippen LogP contribution in [-0.2, 0) is 22.3 Å². The van der Waals surface area contributed by atoms with Crippen LogP contribution in [0, 0.1) is 13.8 Å². The Morgan fingerprint density at radius 3 is 2.62 bits per heavy atom. The summed E-state index contributed by atoms with van der Waals surface area (Å²) in [5, 5.41) is 7.65. The molecule has 0 radical (unpaired) electrons. The molecule has 1 aliphatic rings. The van der Waals surface area contributed by atoms with Crippen LogP contribution in [0.15, 0.2) is 48.5 Å². The standard InChI is InChI=1S/C20H19N3O2S/c1-13-8-9-18(14(2)10-13)23-19(16-11-26(25)12-17(16)22-23)21-20(24)15-6-4-3-5-7-15/h3-10H,11-12H2,1-2H3,(H,21,24). The first-order chi connectivity index (χ1) is 12.5. The van der Waals surface area contributed by atoms with Crippen LogP contribution in [0.4, 0.5) is 5.82 Å². The summed E-state index contributed by atoms with van der Waals surface area (Å²) in [5.41, 5.74) is 5.40. The van der Waals surface area contributed by atoms with Crippen LogP contribution in [0.3, 0.4) is 0 Å². The lowest BCUT2D eigenvalue weighted by Crippen LogP contribution is -2.17. The molecule has 4 rings (SSSR count). The summed E-state index contributed by atoms with van der Waals surface area (Å²) in [7, 11) is -0.959. The third kappa shape index (κ3) is 2.97. The highest BCUT2D eigenvalue weighted by atomic mass is 32.2. The van der Waals surface area contributed by atoms with Crippen molar-refractivity contribution in [2.75, 3.05) is 5.32 Å². The van der Waals surface area contributed by atoms with E-state index in [1.54, 1.807) is 16.8 Å². The predicted octanol–water partition coefficient (Wildman–Crippen LogP) is 3.50. The highest BCUT2D eigenvalue weighted by Gasteiger charge is 2.28. The SMILES string of the molecule is Cc1ccc(-n2nc3c(c2NC(=O)c2ccccc2)CS(=O)C3)c(C)c1. The summed E-state index contributed by atoms with van der Waals surface area (Å²) < 4.78 is 13.8. The van der Waals surface area contributed by atoms with Crippen molar-refractivity contribution < 1.29 is 9.00 Å². The van der Waals surface area contributed by atoms with Crippen molar-refractivity contribution in [1.82, 2.24) is 9.78 Å². The molecule has 2 aromatic carbocycles. The number of aryl methyl sites for hydroxylation is 2. The monoisotopic (exact) mass is 365 g/mol. The molecule has 0 saturated heterocycles. The zero-order valence-corrected chi connectivity index (χ0v) is 15.5. The van der Waals surface area contributed by atoms with Crippen LogP contribution in [0.5, 0.6) is 0 Å². The van der Waals surface area contributed by atoms with E-state index in [-0.39, 0.29) is 5.91 Å². The molecule has 1 N–H and O–H groups in total. The highest BCUT2D eigenvalue weighted by molar-refractivity contribution is 7.83. The summed E-state index contributed by atoms with van der Waals surface area (Å²) in [6.07, 6.45) is 0. The Morgan fingerprint density at radius 2 is 1.88 bits per heavy atom. The predicted molar refractivity (Wildman–Crippen MR) is 103 cm³/mol. The number of carbonyl (C=O) groups is 1. The van der Waals surface area contributed by atoms with Crippen molar-refractivity contribution in [3.8, 4) is 5.69 Å². The maximum Gasteiger partial charge on any atom is 0.256 e. The molecule has 26 heavy (non-hydrogen) atoms. The second kappa shape index (κ2) is 6.53. The van der Waals surface area contributed by atoms with Crippen molar-refractivity contribution in [2.45, 2.75) is 25.4 Å². The average Bonchev–Trinajstić information content (AvgIpc) is 3.13. The molecule has 0 aliphatic carbocycles. The van der Waals surface area contributed by atoms with Gasteiger partial charge in [0.15, 0.2) is 0 Å². The van der Waals surface area contributed by atoms with Crippen LogP contribution < -0.4 is 5.32 Å². The first-order valence-electron chi connectivity index (χ1n) is 8.42. The Morgan fingerprint density at radius 1 is 1.12 bits per heavy atom. The number of aromatic nitrogens is 2. The Bertz CT molecular complexity index is 1030. The quantitative estimate of drug-likeness (QED) is 0.773. The van der Waals surface area contributed by atoms with Gasteiger partial charge in [-0.15, -0.1) is 0 Å². The minimum Gasteiger partial charge on any atom is -0.306 e. The zero-order chi connectivity index (χ0) is 18.3. The van der Waals surface area contributed by atoms with Gasteiger partial charge in [0, 0.05) is 21.9 Å². The maximum atomic E-state index is 12.7. The summed E-state index contributed by atoms with van der Waals surface area (Å²) in [5.74, 6) is 1.27. The molecule has 2 heterocycles.